The Hall–Kier alpha value is -6.79. The van der Waals surface area contributed by atoms with Crippen LogP contribution in [0.25, 0.3) is 21.5 Å². The minimum Gasteiger partial charge on any atom is -0.493 e. The van der Waals surface area contributed by atoms with Gasteiger partial charge >= 0.3 is 8.88 Å². The molecule has 0 fully saturated rings. The number of hydrogen-bond acceptors (Lipinski definition) is 16. The van der Waals surface area contributed by atoms with Gasteiger partial charge in [-0.15, -0.1) is 0 Å². The fourth-order valence-electron chi connectivity index (χ4n) is 17.5. The van der Waals surface area contributed by atoms with E-state index >= 15 is 0 Å². The smallest absolute Gasteiger partial charge is 0.493 e. The Balaban J connectivity index is 1.67. The molecule has 21 heteroatoms. The molecule has 10 rings (SSSR count). The van der Waals surface area contributed by atoms with E-state index in [0.717, 1.165) is 315 Å². The third kappa shape index (κ3) is 24.5. The normalized spacial score (nSPS) is 15.2. The molecule has 0 atom stereocenters. The Kier molecular flexibility index (Phi) is 40.6. The zero-order valence-corrected chi connectivity index (χ0v) is 81.0. The molecule has 6 heterocycles. The van der Waals surface area contributed by atoms with Gasteiger partial charge in [0, 0.05) is 0 Å². The fraction of sp³-hybridized carbons (Fsp3) is 0.680. The monoisotopic (exact) mass is 1720 g/mol. The lowest BCUT2D eigenvalue weighted by molar-refractivity contribution is 0.300. The van der Waals surface area contributed by atoms with Crippen LogP contribution in [-0.2, 0) is 8.23 Å². The van der Waals surface area contributed by atoms with E-state index in [4.69, 9.17) is 67.8 Å². The van der Waals surface area contributed by atoms with Crippen molar-refractivity contribution in [2.45, 2.75) is 390 Å². The summed E-state index contributed by atoms with van der Waals surface area (Å²) >= 11 is 0. The minimum absolute atomic E-state index is 0.432. The third-order valence-corrected chi connectivity index (χ3v) is 39.8. The molecule has 6 bridgehead atoms. The predicted molar refractivity (Wildman–Crippen MR) is 512 cm³/mol. The molecule has 0 N–H and O–H groups in total. The lowest BCUT2D eigenvalue weighted by Crippen LogP contribution is -2.71. The first kappa shape index (κ1) is 96.4. The Morgan fingerprint density at radius 2 is 0.430 bits per heavy atom. The molecule has 4 aliphatic heterocycles. The predicted octanol–water partition coefficient (Wildman–Crippen LogP) is 28.2. The zero-order valence-electron chi connectivity index (χ0n) is 78.0. The third-order valence-electron chi connectivity index (χ3n) is 24.6. The summed E-state index contributed by atoms with van der Waals surface area (Å²) in [5, 5.41) is 2.93. The van der Waals surface area contributed by atoms with Crippen molar-refractivity contribution in [3.05, 3.63) is 81.8 Å². The van der Waals surface area contributed by atoms with Crippen molar-refractivity contribution in [1.29, 1.82) is 0 Å². The number of benzene rings is 4. The summed E-state index contributed by atoms with van der Waals surface area (Å²) in [4.78, 5) is 38.2. The highest BCUT2D eigenvalue weighted by molar-refractivity contribution is 6.89. The van der Waals surface area contributed by atoms with Crippen LogP contribution < -0.4 is 48.9 Å². The quantitative estimate of drug-likeness (QED) is 0.0264. The minimum atomic E-state index is -5.20. The number of aliphatic imine (C=N–C) groups is 4. The Morgan fingerprint density at radius 3 is 0.661 bits per heavy atom. The van der Waals surface area contributed by atoms with E-state index < -0.39 is 25.5 Å². The number of amidine groups is 4. The molecule has 2 aromatic heterocycles. The second-order valence-corrected chi connectivity index (χ2v) is 46.1. The number of fused-ring (bicyclic) bond motifs is 14. The molecule has 4 aromatic carbocycles. The van der Waals surface area contributed by atoms with Gasteiger partial charge in [0.05, 0.1) is 96.7 Å². The molecule has 4 aliphatic rings. The molecule has 18 nitrogen and oxygen atoms in total. The van der Waals surface area contributed by atoms with Crippen LogP contribution in [0.5, 0.6) is 46.0 Å². The summed E-state index contributed by atoms with van der Waals surface area (Å²) in [6.45, 7) is 35.6. The molecule has 670 valence electrons. The molecule has 0 unspecified atom stereocenters. The van der Waals surface area contributed by atoms with Crippen molar-refractivity contribution in [1.82, 2.24) is 8.47 Å². The number of aromatic nitrogens is 2. The molecule has 0 saturated heterocycles. The van der Waals surface area contributed by atoms with Gasteiger partial charge in [-0.1, -0.05) is 302 Å². The van der Waals surface area contributed by atoms with Crippen molar-refractivity contribution in [3.63, 3.8) is 0 Å². The molecule has 0 spiro atoms. The van der Waals surface area contributed by atoms with Crippen LogP contribution in [0, 0.1) is 0 Å². The van der Waals surface area contributed by atoms with Crippen molar-refractivity contribution in [2.24, 2.45) is 30.0 Å². The average Bonchev–Trinajstić information content (AvgIpc) is 1.52. The first-order valence-corrected chi connectivity index (χ1v) is 56.2. The van der Waals surface area contributed by atoms with Crippen LogP contribution in [0.15, 0.2) is 78.5 Å². The molecule has 0 amide bonds. The zero-order chi connectivity index (χ0) is 85.7. The van der Waals surface area contributed by atoms with Crippen LogP contribution in [0.2, 0.25) is 36.3 Å². The average molecular weight is 1720 g/mol. The summed E-state index contributed by atoms with van der Waals surface area (Å²) < 4.78 is 84.4. The van der Waals surface area contributed by atoms with Crippen molar-refractivity contribution in [2.75, 3.05) is 52.9 Å². The van der Waals surface area contributed by atoms with Gasteiger partial charge in [0.15, 0.2) is 40.0 Å². The summed E-state index contributed by atoms with van der Waals surface area (Å²) in [5.41, 5.74) is 3.94. The standard InChI is InChI=1S/C100H158N8O10Si3/c1-15-29-43-49-71-119(72-50-44-30-16-2,73-51-45-31-17-3)117-121(118-120(74-52-46-32-18-4,75-53-47-33-19-5)76-54-48-34-20-6)107-97-89-81(113-67-39-25-11)59-60-82(114-68-40-26-12)90(89)99(107)105-95-87-79(111-65-37-23-9)57-58-80(112-66-38-24-10)88(87)96(102-95)106-100-92-84(116-70-42-28-14)62-61-83(115-69-41-27-13)91(92)98(108(100)121)104-94-86-78(110-64-36-22-8)56-55-77(109-63-35-21-7)85(86)93(101-94)103-97/h55-62H,15-54,63-76H2,1-14H3/b103-93-,103-97?,104-94?,104-98-,105-95-,105-99?,106-96?,106-100-. The maximum Gasteiger partial charge on any atom is 0.582 e. The highest BCUT2D eigenvalue weighted by Gasteiger charge is 2.61. The van der Waals surface area contributed by atoms with E-state index in [1.165, 1.54) is 0 Å². The van der Waals surface area contributed by atoms with Gasteiger partial charge in [-0.3, -0.25) is 8.47 Å². The molecule has 0 aliphatic carbocycles. The number of ether oxygens (including phenoxy) is 8. The van der Waals surface area contributed by atoms with Gasteiger partial charge in [-0.25, -0.2) is 30.0 Å². The first-order chi connectivity index (χ1) is 59.4. The summed E-state index contributed by atoms with van der Waals surface area (Å²) in [6, 6.07) is 22.5. The molecule has 0 radical (unpaired) electrons. The summed E-state index contributed by atoms with van der Waals surface area (Å²) in [5.74, 6) is 8.05. The van der Waals surface area contributed by atoms with Crippen molar-refractivity contribution < 1.29 is 46.1 Å². The Bertz CT molecular complexity index is 4120. The second-order valence-electron chi connectivity index (χ2n) is 34.8. The van der Waals surface area contributed by atoms with E-state index in [2.05, 4.69) is 154 Å². The fourth-order valence-corrected chi connectivity index (χ4v) is 35.3. The molecule has 6 aromatic rings. The van der Waals surface area contributed by atoms with E-state index in [9.17, 15) is 8.23 Å². The van der Waals surface area contributed by atoms with E-state index in [-0.39, 0.29) is 0 Å². The first-order valence-electron chi connectivity index (χ1n) is 49.4. The molecule has 0 saturated carbocycles. The van der Waals surface area contributed by atoms with E-state index in [0.29, 0.717) is 167 Å². The number of rotatable bonds is 66. The SMILES string of the molecule is CCCCCC[Si](CCCCCC)(CCCCCC)O[Si]1(O[Si](CCCCCC)(CCCCCC)CCCCCC)n2c3c4c(OCCCC)ccc(OCCCC)c4c2/N=C2N=C(/N=c4/c5c(OCCCC)ccc(OCCCC)c5/c(n41)=N/C1=NC(=N\3)/c3c(OCCCC)ccc(OCCCC)c31)c1c(OCCCC)ccc(OCCCC)c1\2. The van der Waals surface area contributed by atoms with Gasteiger partial charge in [0.2, 0.25) is 0 Å². The molecular weight excluding hydrogens is 1560 g/mol. The van der Waals surface area contributed by atoms with Gasteiger partial charge in [-0.05, 0) is 136 Å². The maximum absolute atomic E-state index is 10.1. The van der Waals surface area contributed by atoms with Crippen LogP contribution in [0.3, 0.4) is 0 Å². The van der Waals surface area contributed by atoms with E-state index in [1.54, 1.807) is 0 Å². The lowest BCUT2D eigenvalue weighted by atomic mass is 10.0. The van der Waals surface area contributed by atoms with Crippen molar-refractivity contribution in [3.8, 4) is 46.0 Å². The summed E-state index contributed by atoms with van der Waals surface area (Å²) in [6.07, 6.45) is 40.4. The summed E-state index contributed by atoms with van der Waals surface area (Å²) in [7, 11) is -11.9. The highest BCUT2D eigenvalue weighted by Crippen LogP contribution is 2.55. The van der Waals surface area contributed by atoms with Gasteiger partial charge in [-0.2, -0.15) is 0 Å². The largest absolute Gasteiger partial charge is 0.582 e. The Morgan fingerprint density at radius 1 is 0.223 bits per heavy atom. The topological polar surface area (TPSA) is 176 Å². The van der Waals surface area contributed by atoms with Gasteiger partial charge < -0.3 is 46.1 Å². The van der Waals surface area contributed by atoms with Gasteiger partial charge in [0.1, 0.15) is 68.6 Å². The highest BCUT2D eigenvalue weighted by atomic mass is 28.5. The van der Waals surface area contributed by atoms with E-state index in [1.807, 2.05) is 0 Å². The molecular formula is C100H158N8O10Si3. The van der Waals surface area contributed by atoms with Crippen LogP contribution in [-0.4, -0.2) is 110 Å². The lowest BCUT2D eigenvalue weighted by Gasteiger charge is -2.47. The number of unbranched alkanes of at least 4 members (excludes halogenated alkanes) is 26. The number of nitrogens with zero attached hydrogens (tertiary/aromatic N) is 8. The van der Waals surface area contributed by atoms with Crippen LogP contribution in [0.4, 0.5) is 11.6 Å². The van der Waals surface area contributed by atoms with Crippen LogP contribution >= 0.6 is 0 Å². The Labute approximate surface area is 732 Å². The molecule has 121 heavy (non-hydrogen) atoms. The second kappa shape index (κ2) is 51.0. The van der Waals surface area contributed by atoms with Crippen LogP contribution in [0.1, 0.15) is 376 Å². The maximum atomic E-state index is 10.1. The number of hydrogen-bond donors (Lipinski definition) is 0. The van der Waals surface area contributed by atoms with Gasteiger partial charge in [0.25, 0.3) is 0 Å². The van der Waals surface area contributed by atoms with Crippen molar-refractivity contribution >= 4 is 82.0 Å².